The maximum Gasteiger partial charge on any atom is 0.269 e. The molecule has 0 saturated carbocycles. The topological polar surface area (TPSA) is 96.0 Å². The van der Waals surface area contributed by atoms with Crippen molar-refractivity contribution in [1.29, 1.82) is 5.26 Å². The van der Waals surface area contributed by atoms with Gasteiger partial charge in [0.2, 0.25) is 0 Å². The SMILES string of the molecule is CC1(C)C=C2NC(=S)[C@H](C#N)[C@@H](c3ccc([N+](=O)[O-])cc3)[C@@H]2C(=O)C1. The number of ketones is 1. The molecule has 7 heteroatoms. The van der Waals surface area contributed by atoms with E-state index < -0.39 is 22.7 Å². The number of carbonyl (C=O) groups is 1. The Hall–Kier alpha value is -2.59. The number of non-ortho nitro benzene ring substituents is 1. The predicted octanol–water partition coefficient (Wildman–Crippen LogP) is 3.25. The van der Waals surface area contributed by atoms with Crippen molar-refractivity contribution in [2.75, 3.05) is 0 Å². The van der Waals surface area contributed by atoms with Gasteiger partial charge in [0.05, 0.1) is 21.9 Å². The predicted molar refractivity (Wildman–Crippen MR) is 95.7 cm³/mol. The van der Waals surface area contributed by atoms with Crippen LogP contribution in [0.5, 0.6) is 0 Å². The zero-order valence-corrected chi connectivity index (χ0v) is 14.7. The van der Waals surface area contributed by atoms with Crippen LogP contribution in [-0.4, -0.2) is 15.7 Å². The number of nitrogens with zero attached hydrogens (tertiary/aromatic N) is 2. The molecule has 0 amide bonds. The smallest absolute Gasteiger partial charge is 0.269 e. The van der Waals surface area contributed by atoms with Crippen molar-refractivity contribution in [1.82, 2.24) is 5.32 Å². The van der Waals surface area contributed by atoms with E-state index in [4.69, 9.17) is 12.2 Å². The second-order valence-electron chi connectivity index (χ2n) is 7.18. The number of Topliss-reactive ketones (excluding diaryl/α,β-unsaturated/α-hetero) is 1. The molecule has 1 aliphatic carbocycles. The van der Waals surface area contributed by atoms with Gasteiger partial charge in [-0.15, -0.1) is 0 Å². The Balaban J connectivity index is 2.10. The molecular formula is C18H17N3O3S. The molecule has 1 saturated heterocycles. The highest BCUT2D eigenvalue weighted by Crippen LogP contribution is 2.46. The summed E-state index contributed by atoms with van der Waals surface area (Å²) in [6.07, 6.45) is 2.40. The monoisotopic (exact) mass is 355 g/mol. The highest BCUT2D eigenvalue weighted by Gasteiger charge is 2.47. The van der Waals surface area contributed by atoms with E-state index in [1.54, 1.807) is 12.1 Å². The highest BCUT2D eigenvalue weighted by atomic mass is 32.1. The lowest BCUT2D eigenvalue weighted by Gasteiger charge is -2.42. The Morgan fingerprint density at radius 2 is 2.00 bits per heavy atom. The van der Waals surface area contributed by atoms with Crippen molar-refractivity contribution in [3.8, 4) is 6.07 Å². The van der Waals surface area contributed by atoms with Crippen LogP contribution in [0.4, 0.5) is 5.69 Å². The van der Waals surface area contributed by atoms with Gasteiger partial charge in [-0.05, 0) is 11.0 Å². The highest BCUT2D eigenvalue weighted by molar-refractivity contribution is 7.80. The van der Waals surface area contributed by atoms with Gasteiger partial charge in [0, 0.05) is 30.2 Å². The Labute approximate surface area is 150 Å². The third-order valence-corrected chi connectivity index (χ3v) is 5.11. The molecule has 1 aliphatic heterocycles. The minimum Gasteiger partial charge on any atom is -0.352 e. The molecule has 6 nitrogen and oxygen atoms in total. The third-order valence-electron chi connectivity index (χ3n) is 4.75. The number of thiocarbonyl (C=S) groups is 1. The molecule has 2 aliphatic rings. The summed E-state index contributed by atoms with van der Waals surface area (Å²) >= 11 is 5.36. The molecule has 1 aromatic carbocycles. The van der Waals surface area contributed by atoms with Gasteiger partial charge in [0.1, 0.15) is 11.7 Å². The first kappa shape index (κ1) is 17.2. The molecular weight excluding hydrogens is 338 g/mol. The number of nitro groups is 1. The zero-order valence-electron chi connectivity index (χ0n) is 13.9. The summed E-state index contributed by atoms with van der Waals surface area (Å²) in [6.45, 7) is 3.96. The molecule has 0 bridgehead atoms. The van der Waals surface area contributed by atoms with E-state index in [0.717, 1.165) is 5.70 Å². The zero-order chi connectivity index (χ0) is 18.4. The number of nitriles is 1. The molecule has 1 fully saturated rings. The average molecular weight is 355 g/mol. The van der Waals surface area contributed by atoms with Crippen LogP contribution in [0.1, 0.15) is 31.7 Å². The number of hydrogen-bond donors (Lipinski definition) is 1. The summed E-state index contributed by atoms with van der Waals surface area (Å²) in [5, 5.41) is 23.5. The van der Waals surface area contributed by atoms with Gasteiger partial charge in [0.25, 0.3) is 5.69 Å². The summed E-state index contributed by atoms with van der Waals surface area (Å²) in [6, 6.07) is 8.23. The minimum atomic E-state index is -0.649. The molecule has 0 unspecified atom stereocenters. The molecule has 3 atom stereocenters. The standard InChI is InChI=1S/C18H17N3O3S/c1-18(2)7-13-16(14(22)8-18)15(12(9-19)17(25)20-13)10-3-5-11(6-4-10)21(23)24/h3-7,12,15-16H,8H2,1-2H3,(H,20,25)/t12-,15-,16+/m1/s1. The van der Waals surface area contributed by atoms with Crippen LogP contribution in [0.2, 0.25) is 0 Å². The Morgan fingerprint density at radius 3 is 2.56 bits per heavy atom. The van der Waals surface area contributed by atoms with Crippen molar-refractivity contribution in [2.45, 2.75) is 26.2 Å². The average Bonchev–Trinajstić information content (AvgIpc) is 2.52. The van der Waals surface area contributed by atoms with Crippen LogP contribution in [0.25, 0.3) is 0 Å². The van der Waals surface area contributed by atoms with Crippen LogP contribution in [0, 0.1) is 38.7 Å². The van der Waals surface area contributed by atoms with Gasteiger partial charge in [-0.1, -0.05) is 44.3 Å². The first-order valence-corrected chi connectivity index (χ1v) is 8.34. The fourth-order valence-electron chi connectivity index (χ4n) is 3.72. The lowest BCUT2D eigenvalue weighted by molar-refractivity contribution is -0.384. The van der Waals surface area contributed by atoms with Crippen molar-refractivity contribution in [3.63, 3.8) is 0 Å². The molecule has 25 heavy (non-hydrogen) atoms. The van der Waals surface area contributed by atoms with Gasteiger partial charge in [-0.25, -0.2) is 0 Å². The quantitative estimate of drug-likeness (QED) is 0.497. The number of fused-ring (bicyclic) bond motifs is 1. The molecule has 0 spiro atoms. The van der Waals surface area contributed by atoms with Gasteiger partial charge >= 0.3 is 0 Å². The number of benzene rings is 1. The Kier molecular flexibility index (Phi) is 4.17. The van der Waals surface area contributed by atoms with E-state index in [9.17, 15) is 20.2 Å². The van der Waals surface area contributed by atoms with Crippen LogP contribution in [-0.2, 0) is 4.79 Å². The fraction of sp³-hybridized carbons (Fsp3) is 0.389. The third kappa shape index (κ3) is 3.05. The van der Waals surface area contributed by atoms with E-state index in [2.05, 4.69) is 11.4 Å². The molecule has 1 heterocycles. The molecule has 1 aromatic rings. The Morgan fingerprint density at radius 1 is 1.36 bits per heavy atom. The van der Waals surface area contributed by atoms with E-state index in [1.165, 1.54) is 12.1 Å². The summed E-state index contributed by atoms with van der Waals surface area (Å²) in [4.78, 5) is 23.6. The van der Waals surface area contributed by atoms with Crippen LogP contribution >= 0.6 is 12.2 Å². The van der Waals surface area contributed by atoms with Gasteiger partial charge < -0.3 is 5.32 Å². The largest absolute Gasteiger partial charge is 0.352 e. The molecule has 0 radical (unpaired) electrons. The number of rotatable bonds is 2. The van der Waals surface area contributed by atoms with Crippen molar-refractivity contribution in [3.05, 3.63) is 51.7 Å². The van der Waals surface area contributed by atoms with E-state index in [1.807, 2.05) is 19.9 Å². The molecule has 128 valence electrons. The fourth-order valence-corrected chi connectivity index (χ4v) is 4.04. The van der Waals surface area contributed by atoms with Crippen LogP contribution < -0.4 is 5.32 Å². The number of hydrogen-bond acceptors (Lipinski definition) is 5. The van der Waals surface area contributed by atoms with Crippen LogP contribution in [0.15, 0.2) is 36.0 Å². The van der Waals surface area contributed by atoms with Crippen molar-refractivity contribution >= 4 is 28.7 Å². The molecule has 1 N–H and O–H groups in total. The second-order valence-corrected chi connectivity index (χ2v) is 7.62. The van der Waals surface area contributed by atoms with E-state index in [-0.39, 0.29) is 16.9 Å². The maximum absolute atomic E-state index is 12.8. The summed E-state index contributed by atoms with van der Waals surface area (Å²) in [5.74, 6) is -1.51. The van der Waals surface area contributed by atoms with E-state index in [0.29, 0.717) is 17.0 Å². The Bertz CT molecular complexity index is 836. The van der Waals surface area contributed by atoms with Gasteiger partial charge in [-0.3, -0.25) is 14.9 Å². The minimum absolute atomic E-state index is 0.0272. The normalized spacial score (nSPS) is 27.6. The summed E-state index contributed by atoms with van der Waals surface area (Å²) in [7, 11) is 0. The first-order chi connectivity index (χ1) is 11.7. The van der Waals surface area contributed by atoms with Crippen molar-refractivity contribution < 1.29 is 9.72 Å². The number of nitro benzene ring substituents is 1. The van der Waals surface area contributed by atoms with Gasteiger partial charge in [-0.2, -0.15) is 5.26 Å². The second kappa shape index (κ2) is 6.05. The molecule has 0 aromatic heterocycles. The summed E-state index contributed by atoms with van der Waals surface area (Å²) in [5.41, 5.74) is 1.15. The maximum atomic E-state index is 12.8. The number of nitrogens with one attached hydrogen (secondary N) is 1. The number of piperidine rings is 1. The van der Waals surface area contributed by atoms with Gasteiger partial charge in [0.15, 0.2) is 0 Å². The van der Waals surface area contributed by atoms with Crippen molar-refractivity contribution in [2.24, 2.45) is 17.3 Å². The number of carbonyl (C=O) groups excluding carboxylic acids is 1. The lowest BCUT2D eigenvalue weighted by Crippen LogP contribution is -2.49. The van der Waals surface area contributed by atoms with E-state index >= 15 is 0 Å². The first-order valence-electron chi connectivity index (χ1n) is 7.94. The lowest BCUT2D eigenvalue weighted by atomic mass is 9.65. The number of allylic oxidation sites excluding steroid dienone is 2. The van der Waals surface area contributed by atoms with Crippen LogP contribution in [0.3, 0.4) is 0 Å². The summed E-state index contributed by atoms with van der Waals surface area (Å²) < 4.78 is 0. The molecule has 3 rings (SSSR count).